The summed E-state index contributed by atoms with van der Waals surface area (Å²) in [5.74, 6) is 0.933. The van der Waals surface area contributed by atoms with Gasteiger partial charge in [-0.3, -0.25) is 9.59 Å². The fourth-order valence-electron chi connectivity index (χ4n) is 2.43. The Morgan fingerprint density at radius 1 is 0.958 bits per heavy atom. The van der Waals surface area contributed by atoms with Crippen LogP contribution in [0.4, 0.5) is 11.4 Å². The van der Waals surface area contributed by atoms with Gasteiger partial charge in [-0.1, -0.05) is 0 Å². The number of anilines is 2. The maximum atomic E-state index is 12.4. The van der Waals surface area contributed by atoms with E-state index in [1.54, 1.807) is 30.3 Å². The van der Waals surface area contributed by atoms with E-state index < -0.39 is 0 Å². The van der Waals surface area contributed by atoms with Crippen LogP contribution in [-0.4, -0.2) is 25.0 Å². The molecule has 0 fully saturated rings. The standard InChI is InChI=1S/C18H18N2O4/c1-11-9-16-17(24-8-7-23-16)10-15(11)20-18(22)13-3-5-14(6-4-13)19-12(2)21/h3-6,9-10H,7-8H2,1-2H3,(H,19,21)(H,20,22). The Kier molecular flexibility index (Phi) is 4.37. The minimum atomic E-state index is -0.232. The minimum Gasteiger partial charge on any atom is -0.486 e. The van der Waals surface area contributed by atoms with Crippen molar-refractivity contribution in [3.63, 3.8) is 0 Å². The second-order valence-corrected chi connectivity index (χ2v) is 5.52. The fourth-order valence-corrected chi connectivity index (χ4v) is 2.43. The highest BCUT2D eigenvalue weighted by Crippen LogP contribution is 2.35. The topological polar surface area (TPSA) is 76.7 Å². The van der Waals surface area contributed by atoms with E-state index >= 15 is 0 Å². The van der Waals surface area contributed by atoms with Gasteiger partial charge in [0, 0.05) is 29.9 Å². The van der Waals surface area contributed by atoms with Crippen molar-refractivity contribution < 1.29 is 19.1 Å². The van der Waals surface area contributed by atoms with Crippen molar-refractivity contribution in [1.29, 1.82) is 0 Å². The highest BCUT2D eigenvalue weighted by molar-refractivity contribution is 6.05. The predicted octanol–water partition coefficient (Wildman–Crippen LogP) is 2.98. The van der Waals surface area contributed by atoms with Crippen molar-refractivity contribution in [1.82, 2.24) is 0 Å². The van der Waals surface area contributed by atoms with Gasteiger partial charge < -0.3 is 20.1 Å². The molecule has 0 radical (unpaired) electrons. The summed E-state index contributed by atoms with van der Waals surface area (Å²) in [5.41, 5.74) is 2.71. The first kappa shape index (κ1) is 15.9. The SMILES string of the molecule is CC(=O)Nc1ccc(C(=O)Nc2cc3c(cc2C)OCCO3)cc1. The van der Waals surface area contributed by atoms with E-state index in [2.05, 4.69) is 10.6 Å². The van der Waals surface area contributed by atoms with Crippen LogP contribution in [0, 0.1) is 6.92 Å². The van der Waals surface area contributed by atoms with E-state index in [1.165, 1.54) is 6.92 Å². The predicted molar refractivity (Wildman–Crippen MR) is 90.9 cm³/mol. The second-order valence-electron chi connectivity index (χ2n) is 5.52. The molecular formula is C18H18N2O4. The lowest BCUT2D eigenvalue weighted by molar-refractivity contribution is -0.114. The van der Waals surface area contributed by atoms with E-state index in [-0.39, 0.29) is 11.8 Å². The molecule has 6 nitrogen and oxygen atoms in total. The number of benzene rings is 2. The Balaban J connectivity index is 1.76. The number of carbonyl (C=O) groups excluding carboxylic acids is 2. The lowest BCUT2D eigenvalue weighted by Crippen LogP contribution is -2.17. The monoisotopic (exact) mass is 326 g/mol. The van der Waals surface area contributed by atoms with Gasteiger partial charge in [-0.2, -0.15) is 0 Å². The molecule has 1 aliphatic rings. The number of fused-ring (bicyclic) bond motifs is 1. The van der Waals surface area contributed by atoms with Crippen molar-refractivity contribution in [2.75, 3.05) is 23.8 Å². The van der Waals surface area contributed by atoms with Gasteiger partial charge in [0.2, 0.25) is 5.91 Å². The van der Waals surface area contributed by atoms with Gasteiger partial charge in [0.25, 0.3) is 5.91 Å². The molecule has 0 spiro atoms. The molecule has 2 N–H and O–H groups in total. The third-order valence-corrected chi connectivity index (χ3v) is 3.60. The summed E-state index contributed by atoms with van der Waals surface area (Å²) in [4.78, 5) is 23.4. The summed E-state index contributed by atoms with van der Waals surface area (Å²) in [5, 5.41) is 5.54. The average Bonchev–Trinajstić information content (AvgIpc) is 2.55. The summed E-state index contributed by atoms with van der Waals surface area (Å²) < 4.78 is 11.1. The molecule has 124 valence electrons. The van der Waals surface area contributed by atoms with Crippen LogP contribution in [0.25, 0.3) is 0 Å². The molecule has 1 aliphatic heterocycles. The van der Waals surface area contributed by atoms with E-state index in [0.29, 0.717) is 41.7 Å². The number of hydrogen-bond donors (Lipinski definition) is 2. The molecule has 0 bridgehead atoms. The van der Waals surface area contributed by atoms with Crippen molar-refractivity contribution in [2.45, 2.75) is 13.8 Å². The third-order valence-electron chi connectivity index (χ3n) is 3.60. The van der Waals surface area contributed by atoms with Crippen LogP contribution in [0.3, 0.4) is 0 Å². The zero-order chi connectivity index (χ0) is 17.1. The van der Waals surface area contributed by atoms with Crippen LogP contribution in [0.5, 0.6) is 11.5 Å². The molecule has 0 saturated carbocycles. The maximum absolute atomic E-state index is 12.4. The minimum absolute atomic E-state index is 0.154. The molecule has 0 aromatic heterocycles. The van der Waals surface area contributed by atoms with Crippen LogP contribution in [-0.2, 0) is 4.79 Å². The molecule has 6 heteroatoms. The molecular weight excluding hydrogens is 308 g/mol. The third kappa shape index (κ3) is 3.48. The number of amides is 2. The Morgan fingerprint density at radius 3 is 2.21 bits per heavy atom. The van der Waals surface area contributed by atoms with Crippen LogP contribution < -0.4 is 20.1 Å². The zero-order valence-electron chi connectivity index (χ0n) is 13.5. The molecule has 0 atom stereocenters. The number of rotatable bonds is 3. The van der Waals surface area contributed by atoms with Gasteiger partial charge in [-0.05, 0) is 42.8 Å². The van der Waals surface area contributed by atoms with Gasteiger partial charge in [-0.15, -0.1) is 0 Å². The molecule has 0 saturated heterocycles. The van der Waals surface area contributed by atoms with Crippen molar-refractivity contribution in [3.8, 4) is 11.5 Å². The smallest absolute Gasteiger partial charge is 0.255 e. The van der Waals surface area contributed by atoms with Crippen LogP contribution in [0.2, 0.25) is 0 Å². The lowest BCUT2D eigenvalue weighted by atomic mass is 10.1. The number of aryl methyl sites for hydroxylation is 1. The molecule has 3 rings (SSSR count). The molecule has 1 heterocycles. The number of ether oxygens (including phenoxy) is 2. The first-order valence-electron chi connectivity index (χ1n) is 7.62. The van der Waals surface area contributed by atoms with Crippen LogP contribution >= 0.6 is 0 Å². The molecule has 2 aromatic rings. The molecule has 0 aliphatic carbocycles. The van der Waals surface area contributed by atoms with Crippen molar-refractivity contribution in [3.05, 3.63) is 47.5 Å². The van der Waals surface area contributed by atoms with E-state index in [9.17, 15) is 9.59 Å². The van der Waals surface area contributed by atoms with Gasteiger partial charge in [0.1, 0.15) is 13.2 Å². The van der Waals surface area contributed by atoms with Gasteiger partial charge in [-0.25, -0.2) is 0 Å². The molecule has 2 amide bonds. The highest BCUT2D eigenvalue weighted by Gasteiger charge is 2.16. The number of nitrogens with one attached hydrogen (secondary N) is 2. The summed E-state index contributed by atoms with van der Waals surface area (Å²) in [6.45, 7) is 4.35. The second kappa shape index (κ2) is 6.62. The van der Waals surface area contributed by atoms with E-state index in [4.69, 9.17) is 9.47 Å². The highest BCUT2D eigenvalue weighted by atomic mass is 16.6. The summed E-state index contributed by atoms with van der Waals surface area (Å²) in [6, 6.07) is 10.3. The van der Waals surface area contributed by atoms with Crippen molar-refractivity contribution in [2.24, 2.45) is 0 Å². The molecule has 0 unspecified atom stereocenters. The van der Waals surface area contributed by atoms with Crippen molar-refractivity contribution >= 4 is 23.2 Å². The van der Waals surface area contributed by atoms with Crippen LogP contribution in [0.15, 0.2) is 36.4 Å². The van der Waals surface area contributed by atoms with Gasteiger partial charge in [0.05, 0.1) is 0 Å². The van der Waals surface area contributed by atoms with Crippen LogP contribution in [0.1, 0.15) is 22.8 Å². The van der Waals surface area contributed by atoms with E-state index in [0.717, 1.165) is 5.56 Å². The van der Waals surface area contributed by atoms with Gasteiger partial charge in [0.15, 0.2) is 11.5 Å². The quantitative estimate of drug-likeness (QED) is 0.909. The Labute approximate surface area is 139 Å². The number of carbonyl (C=O) groups is 2. The first-order valence-corrected chi connectivity index (χ1v) is 7.62. The molecule has 2 aromatic carbocycles. The first-order chi connectivity index (χ1) is 11.5. The Bertz CT molecular complexity index is 784. The zero-order valence-corrected chi connectivity index (χ0v) is 13.5. The fraction of sp³-hybridized carbons (Fsp3) is 0.222. The average molecular weight is 326 g/mol. The Hall–Kier alpha value is -3.02. The number of hydrogen-bond acceptors (Lipinski definition) is 4. The normalized spacial score (nSPS) is 12.4. The maximum Gasteiger partial charge on any atom is 0.255 e. The Morgan fingerprint density at radius 2 is 1.58 bits per heavy atom. The lowest BCUT2D eigenvalue weighted by Gasteiger charge is -2.20. The summed E-state index contributed by atoms with van der Waals surface area (Å²) in [6.07, 6.45) is 0. The van der Waals surface area contributed by atoms with Gasteiger partial charge >= 0.3 is 0 Å². The summed E-state index contributed by atoms with van der Waals surface area (Å²) in [7, 11) is 0. The molecule has 24 heavy (non-hydrogen) atoms. The summed E-state index contributed by atoms with van der Waals surface area (Å²) >= 11 is 0. The largest absolute Gasteiger partial charge is 0.486 e. The van der Waals surface area contributed by atoms with E-state index in [1.807, 2.05) is 13.0 Å².